The summed E-state index contributed by atoms with van der Waals surface area (Å²) in [7, 11) is 0. The molecule has 0 fully saturated rings. The quantitative estimate of drug-likeness (QED) is 0.744. The van der Waals surface area contributed by atoms with Crippen molar-refractivity contribution in [2.45, 2.75) is 0 Å². The van der Waals surface area contributed by atoms with Gasteiger partial charge in [0.2, 0.25) is 0 Å². The molecule has 2 N–H and O–H groups in total. The highest BCUT2D eigenvalue weighted by atomic mass is 79.9. The van der Waals surface area contributed by atoms with Crippen LogP contribution in [0.2, 0.25) is 0 Å². The van der Waals surface area contributed by atoms with Crippen LogP contribution in [0.5, 0.6) is 0 Å². The Morgan fingerprint density at radius 3 is 2.92 bits per heavy atom. The van der Waals surface area contributed by atoms with Gasteiger partial charge in [-0.05, 0) is 28.1 Å². The number of halogens is 1. The lowest BCUT2D eigenvalue weighted by Crippen LogP contribution is -1.93. The van der Waals surface area contributed by atoms with Crippen molar-refractivity contribution in [2.24, 2.45) is 0 Å². The smallest absolute Gasteiger partial charge is 0.150 e. The summed E-state index contributed by atoms with van der Waals surface area (Å²) in [5.41, 5.74) is 6.37. The predicted molar refractivity (Wildman–Crippen MR) is 51.7 cm³/mol. The average Bonchev–Trinajstić information content (AvgIpc) is 2.12. The van der Waals surface area contributed by atoms with Crippen molar-refractivity contribution in [3.8, 4) is 0 Å². The summed E-state index contributed by atoms with van der Waals surface area (Å²) in [6.45, 7) is 0. The molecule has 0 aliphatic heterocycles. The maximum atomic E-state index is 5.63. The fourth-order valence-corrected chi connectivity index (χ4v) is 1.48. The van der Waals surface area contributed by atoms with E-state index in [2.05, 4.69) is 25.9 Å². The second kappa shape index (κ2) is 2.71. The van der Waals surface area contributed by atoms with Gasteiger partial charge in [0.25, 0.3) is 0 Å². The van der Waals surface area contributed by atoms with Gasteiger partial charge in [0.15, 0.2) is 0 Å². The first-order valence-corrected chi connectivity index (χ1v) is 4.23. The first-order valence-electron chi connectivity index (χ1n) is 3.44. The lowest BCUT2D eigenvalue weighted by atomic mass is 10.2. The normalized spacial score (nSPS) is 10.4. The number of hydrogen-bond donors (Lipinski definition) is 1. The van der Waals surface area contributed by atoms with Crippen LogP contribution in [-0.2, 0) is 0 Å². The number of hydrogen-bond acceptors (Lipinski definition) is 3. The van der Waals surface area contributed by atoms with Crippen molar-refractivity contribution in [3.63, 3.8) is 0 Å². The summed E-state index contributed by atoms with van der Waals surface area (Å²) >= 11 is 3.37. The molecule has 0 unspecified atom stereocenters. The highest BCUT2D eigenvalue weighted by molar-refractivity contribution is 9.10. The van der Waals surface area contributed by atoms with Crippen LogP contribution < -0.4 is 5.73 Å². The Hall–Kier alpha value is -1.16. The van der Waals surface area contributed by atoms with Gasteiger partial charge in [0.05, 0.1) is 0 Å². The molecule has 0 amide bonds. The van der Waals surface area contributed by atoms with Crippen LogP contribution >= 0.6 is 15.9 Å². The van der Waals surface area contributed by atoms with E-state index >= 15 is 0 Å². The van der Waals surface area contributed by atoms with E-state index in [0.717, 1.165) is 15.4 Å². The highest BCUT2D eigenvalue weighted by Crippen LogP contribution is 2.23. The van der Waals surface area contributed by atoms with E-state index in [1.807, 2.05) is 12.1 Å². The zero-order valence-electron chi connectivity index (χ0n) is 6.16. The molecule has 2 heterocycles. The van der Waals surface area contributed by atoms with Crippen molar-refractivity contribution in [3.05, 3.63) is 29.0 Å². The van der Waals surface area contributed by atoms with E-state index in [9.17, 15) is 0 Å². The van der Waals surface area contributed by atoms with Gasteiger partial charge in [-0.1, -0.05) is 0 Å². The van der Waals surface area contributed by atoms with E-state index in [0.29, 0.717) is 5.82 Å². The Kier molecular flexibility index (Phi) is 1.69. The lowest BCUT2D eigenvalue weighted by molar-refractivity contribution is 1.31. The number of aromatic nitrogens is 2. The topological polar surface area (TPSA) is 51.8 Å². The third-order valence-electron chi connectivity index (χ3n) is 1.62. The van der Waals surface area contributed by atoms with E-state index in [1.165, 1.54) is 0 Å². The van der Waals surface area contributed by atoms with E-state index in [-0.39, 0.29) is 0 Å². The van der Waals surface area contributed by atoms with Crippen LogP contribution in [0.4, 0.5) is 5.82 Å². The lowest BCUT2D eigenvalue weighted by Gasteiger charge is -2.00. The minimum absolute atomic E-state index is 0.466. The second-order valence-corrected chi connectivity index (χ2v) is 3.25. The third-order valence-corrected chi connectivity index (χ3v) is 2.26. The maximum absolute atomic E-state index is 5.63. The molecule has 3 nitrogen and oxygen atoms in total. The summed E-state index contributed by atoms with van der Waals surface area (Å²) in [5.74, 6) is 0.466. The molecule has 0 saturated carbocycles. The first kappa shape index (κ1) is 7.49. The molecule has 2 aromatic rings. The van der Waals surface area contributed by atoms with Crippen LogP contribution in [0.15, 0.2) is 29.0 Å². The Bertz CT molecular complexity index is 387. The third kappa shape index (κ3) is 1.04. The average molecular weight is 224 g/mol. The molecular formula is C8H6BrN3. The van der Waals surface area contributed by atoms with Crippen LogP contribution in [0.1, 0.15) is 0 Å². The summed E-state index contributed by atoms with van der Waals surface area (Å²) in [6.07, 6.45) is 3.38. The van der Waals surface area contributed by atoms with Crippen LogP contribution in [0.25, 0.3) is 10.9 Å². The minimum atomic E-state index is 0.466. The molecule has 12 heavy (non-hydrogen) atoms. The molecule has 0 aromatic carbocycles. The molecule has 2 aromatic heterocycles. The molecule has 60 valence electrons. The highest BCUT2D eigenvalue weighted by Gasteiger charge is 2.02. The van der Waals surface area contributed by atoms with E-state index in [1.54, 1.807) is 12.4 Å². The Labute approximate surface area is 77.8 Å². The molecule has 0 bridgehead atoms. The summed E-state index contributed by atoms with van der Waals surface area (Å²) < 4.78 is 0.916. The Morgan fingerprint density at radius 1 is 1.33 bits per heavy atom. The summed E-state index contributed by atoms with van der Waals surface area (Å²) in [6, 6.07) is 3.82. The van der Waals surface area contributed by atoms with Crippen LogP contribution in [0.3, 0.4) is 0 Å². The van der Waals surface area contributed by atoms with Gasteiger partial charge in [0, 0.05) is 22.3 Å². The molecule has 4 heteroatoms. The van der Waals surface area contributed by atoms with Crippen LogP contribution in [-0.4, -0.2) is 9.97 Å². The second-order valence-electron chi connectivity index (χ2n) is 2.39. The van der Waals surface area contributed by atoms with E-state index in [4.69, 9.17) is 5.73 Å². The van der Waals surface area contributed by atoms with Gasteiger partial charge in [-0.3, -0.25) is 4.98 Å². The van der Waals surface area contributed by atoms with Gasteiger partial charge >= 0.3 is 0 Å². The fourth-order valence-electron chi connectivity index (χ4n) is 1.06. The molecule has 0 atom stereocenters. The number of nitrogens with two attached hydrogens (primary N) is 1. The minimum Gasteiger partial charge on any atom is -0.382 e. The molecule has 0 aliphatic rings. The van der Waals surface area contributed by atoms with Gasteiger partial charge in [-0.25, -0.2) is 4.98 Å². The van der Waals surface area contributed by atoms with Gasteiger partial charge in [-0.2, -0.15) is 0 Å². The van der Waals surface area contributed by atoms with Gasteiger partial charge in [-0.15, -0.1) is 0 Å². The molecule has 0 spiro atoms. The monoisotopic (exact) mass is 223 g/mol. The predicted octanol–water partition coefficient (Wildman–Crippen LogP) is 1.97. The van der Waals surface area contributed by atoms with Crippen molar-refractivity contribution >= 4 is 32.7 Å². The first-order chi connectivity index (χ1) is 5.79. The van der Waals surface area contributed by atoms with E-state index < -0.39 is 0 Å². The number of pyridine rings is 2. The molecule has 0 radical (unpaired) electrons. The fraction of sp³-hybridized carbons (Fsp3) is 0. The zero-order valence-corrected chi connectivity index (χ0v) is 7.75. The van der Waals surface area contributed by atoms with Gasteiger partial charge in [0.1, 0.15) is 11.3 Å². The molecule has 2 rings (SSSR count). The summed E-state index contributed by atoms with van der Waals surface area (Å²) in [5, 5.41) is 0.991. The standard InChI is InChI=1S/C8H6BrN3/c9-6-4-12-8(10)7-5(6)2-1-3-11-7/h1-4H,(H2,10,12). The maximum Gasteiger partial charge on any atom is 0.150 e. The molecular weight excluding hydrogens is 218 g/mol. The number of fused-ring (bicyclic) bond motifs is 1. The number of nitrogens with zero attached hydrogens (tertiary/aromatic N) is 2. The van der Waals surface area contributed by atoms with Crippen molar-refractivity contribution in [1.29, 1.82) is 0 Å². The number of anilines is 1. The van der Waals surface area contributed by atoms with Crippen molar-refractivity contribution < 1.29 is 0 Å². The summed E-state index contributed by atoms with van der Waals surface area (Å²) in [4.78, 5) is 8.10. The zero-order chi connectivity index (χ0) is 8.55. The van der Waals surface area contributed by atoms with Crippen molar-refractivity contribution in [1.82, 2.24) is 9.97 Å². The SMILES string of the molecule is Nc1ncc(Br)c2cccnc12. The van der Waals surface area contributed by atoms with Crippen molar-refractivity contribution in [2.75, 3.05) is 5.73 Å². The molecule has 0 aliphatic carbocycles. The largest absolute Gasteiger partial charge is 0.382 e. The van der Waals surface area contributed by atoms with Gasteiger partial charge < -0.3 is 5.73 Å². The Morgan fingerprint density at radius 2 is 2.17 bits per heavy atom. The molecule has 0 saturated heterocycles. The number of rotatable bonds is 0. The number of nitrogen functional groups attached to an aromatic ring is 1. The Balaban J connectivity index is 2.95. The van der Waals surface area contributed by atoms with Crippen LogP contribution in [0, 0.1) is 0 Å².